The van der Waals surface area contributed by atoms with Gasteiger partial charge in [-0.3, -0.25) is 14.2 Å². The van der Waals surface area contributed by atoms with E-state index >= 15 is 0 Å². The van der Waals surface area contributed by atoms with E-state index < -0.39 is 0 Å². The number of aryl methyl sites for hydroxylation is 1. The Morgan fingerprint density at radius 3 is 3.00 bits per heavy atom. The summed E-state index contributed by atoms with van der Waals surface area (Å²) in [6, 6.07) is 3.80. The maximum absolute atomic E-state index is 12.2. The minimum Gasteiger partial charge on any atom is -0.355 e. The molecule has 2 aromatic heterocycles. The molecule has 0 aliphatic carbocycles. The average molecular weight is 313 g/mol. The monoisotopic (exact) mass is 313 g/mol. The summed E-state index contributed by atoms with van der Waals surface area (Å²) in [5, 5.41) is 5.65. The number of pyridine rings is 1. The third kappa shape index (κ3) is 3.56. The quantitative estimate of drug-likeness (QED) is 0.870. The van der Waals surface area contributed by atoms with E-state index in [1.54, 1.807) is 12.4 Å². The lowest BCUT2D eigenvalue weighted by atomic mass is 9.98. The zero-order valence-electron chi connectivity index (χ0n) is 13.0. The Morgan fingerprint density at radius 2 is 2.30 bits per heavy atom. The van der Waals surface area contributed by atoms with E-state index in [1.165, 1.54) is 0 Å². The number of amides is 2. The van der Waals surface area contributed by atoms with E-state index in [0.29, 0.717) is 25.9 Å². The van der Waals surface area contributed by atoms with Crippen molar-refractivity contribution < 1.29 is 9.59 Å². The number of hydrogen-bond acceptors (Lipinski definition) is 4. The van der Waals surface area contributed by atoms with Crippen LogP contribution in [0.3, 0.4) is 0 Å². The Bertz CT molecular complexity index is 715. The van der Waals surface area contributed by atoms with Crippen molar-refractivity contribution in [2.75, 3.05) is 6.54 Å². The van der Waals surface area contributed by atoms with Gasteiger partial charge in [0.1, 0.15) is 11.6 Å². The highest BCUT2D eigenvalue weighted by molar-refractivity contribution is 5.83. The van der Waals surface area contributed by atoms with Gasteiger partial charge in [-0.1, -0.05) is 0 Å². The van der Waals surface area contributed by atoms with Gasteiger partial charge in [0.05, 0.1) is 5.92 Å². The van der Waals surface area contributed by atoms with Gasteiger partial charge in [0, 0.05) is 38.1 Å². The minimum atomic E-state index is -0.148. The number of piperidine rings is 1. The zero-order chi connectivity index (χ0) is 16.2. The van der Waals surface area contributed by atoms with Crippen molar-refractivity contribution in [3.05, 3.63) is 42.1 Å². The van der Waals surface area contributed by atoms with Crippen molar-refractivity contribution in [2.24, 2.45) is 5.92 Å². The first-order valence-corrected chi connectivity index (χ1v) is 7.63. The SMILES string of the molecule is Cc1nccn1-c1cc(CNC(=O)[C@H]2CCC(=O)NC2)ccn1. The number of rotatable bonds is 4. The molecule has 2 aromatic rings. The summed E-state index contributed by atoms with van der Waals surface area (Å²) < 4.78 is 1.89. The van der Waals surface area contributed by atoms with Gasteiger partial charge >= 0.3 is 0 Å². The fourth-order valence-electron chi connectivity index (χ4n) is 2.61. The Balaban J connectivity index is 1.61. The Morgan fingerprint density at radius 1 is 1.43 bits per heavy atom. The Labute approximate surface area is 134 Å². The molecular formula is C16H19N5O2. The summed E-state index contributed by atoms with van der Waals surface area (Å²) in [7, 11) is 0. The van der Waals surface area contributed by atoms with Crippen molar-refractivity contribution in [3.8, 4) is 5.82 Å². The second-order valence-corrected chi connectivity index (χ2v) is 5.62. The Kier molecular flexibility index (Phi) is 4.36. The van der Waals surface area contributed by atoms with Crippen LogP contribution in [-0.2, 0) is 16.1 Å². The molecule has 2 N–H and O–H groups in total. The second-order valence-electron chi connectivity index (χ2n) is 5.62. The van der Waals surface area contributed by atoms with Crippen LogP contribution in [0.5, 0.6) is 0 Å². The molecule has 1 fully saturated rings. The van der Waals surface area contributed by atoms with Crippen LogP contribution in [0.1, 0.15) is 24.2 Å². The summed E-state index contributed by atoms with van der Waals surface area (Å²) in [6.45, 7) is 2.76. The molecule has 1 atom stereocenters. The number of nitrogens with zero attached hydrogens (tertiary/aromatic N) is 3. The number of carbonyl (C=O) groups excluding carboxylic acids is 2. The average Bonchev–Trinajstić information content (AvgIpc) is 3.00. The first-order chi connectivity index (χ1) is 11.1. The molecule has 1 saturated heterocycles. The summed E-state index contributed by atoms with van der Waals surface area (Å²) >= 11 is 0. The number of imidazole rings is 1. The third-order valence-corrected chi connectivity index (χ3v) is 3.99. The number of aromatic nitrogens is 3. The topological polar surface area (TPSA) is 88.9 Å². The fourth-order valence-corrected chi connectivity index (χ4v) is 2.61. The maximum atomic E-state index is 12.2. The van der Waals surface area contributed by atoms with Crippen molar-refractivity contribution in [2.45, 2.75) is 26.3 Å². The summed E-state index contributed by atoms with van der Waals surface area (Å²) in [6.07, 6.45) is 6.32. The van der Waals surface area contributed by atoms with E-state index in [-0.39, 0.29) is 17.7 Å². The first-order valence-electron chi connectivity index (χ1n) is 7.63. The fraction of sp³-hybridized carbons (Fsp3) is 0.375. The van der Waals surface area contributed by atoms with Crippen LogP contribution in [0.2, 0.25) is 0 Å². The van der Waals surface area contributed by atoms with Gasteiger partial charge in [-0.2, -0.15) is 0 Å². The van der Waals surface area contributed by atoms with Crippen LogP contribution in [0, 0.1) is 12.8 Å². The minimum absolute atomic E-state index is 0.0172. The summed E-state index contributed by atoms with van der Waals surface area (Å²) in [4.78, 5) is 31.8. The van der Waals surface area contributed by atoms with Gasteiger partial charge < -0.3 is 10.6 Å². The van der Waals surface area contributed by atoms with Crippen molar-refractivity contribution in [1.82, 2.24) is 25.2 Å². The highest BCUT2D eigenvalue weighted by atomic mass is 16.2. The van der Waals surface area contributed by atoms with E-state index in [9.17, 15) is 9.59 Å². The summed E-state index contributed by atoms with van der Waals surface area (Å²) in [5.41, 5.74) is 0.969. The molecule has 2 amide bonds. The van der Waals surface area contributed by atoms with Crippen LogP contribution in [-0.4, -0.2) is 32.9 Å². The van der Waals surface area contributed by atoms with E-state index in [1.807, 2.05) is 29.8 Å². The number of carbonyl (C=O) groups is 2. The molecule has 7 nitrogen and oxygen atoms in total. The van der Waals surface area contributed by atoms with Gasteiger partial charge in [0.15, 0.2) is 0 Å². The smallest absolute Gasteiger partial charge is 0.225 e. The predicted octanol–water partition coefficient (Wildman–Crippen LogP) is 0.718. The van der Waals surface area contributed by atoms with Crippen LogP contribution < -0.4 is 10.6 Å². The van der Waals surface area contributed by atoms with Gasteiger partial charge in [0.25, 0.3) is 0 Å². The van der Waals surface area contributed by atoms with Gasteiger partial charge in [-0.15, -0.1) is 0 Å². The van der Waals surface area contributed by atoms with Crippen LogP contribution in [0.4, 0.5) is 0 Å². The standard InChI is InChI=1S/C16H19N5O2/c1-11-17-6-7-21(11)14-8-12(4-5-18-14)9-20-16(23)13-2-3-15(22)19-10-13/h4-8,13H,2-3,9-10H2,1H3,(H,19,22)(H,20,23)/t13-/m0/s1. The van der Waals surface area contributed by atoms with Crippen LogP contribution in [0.15, 0.2) is 30.7 Å². The molecule has 23 heavy (non-hydrogen) atoms. The normalized spacial score (nSPS) is 17.6. The second kappa shape index (κ2) is 6.60. The van der Waals surface area contributed by atoms with Crippen LogP contribution >= 0.6 is 0 Å². The molecule has 0 radical (unpaired) electrons. The lowest BCUT2D eigenvalue weighted by molar-refractivity contribution is -0.129. The van der Waals surface area contributed by atoms with E-state index in [4.69, 9.17) is 0 Å². The molecule has 1 aliphatic rings. The van der Waals surface area contributed by atoms with Crippen molar-refractivity contribution >= 4 is 11.8 Å². The molecule has 7 heteroatoms. The molecule has 0 spiro atoms. The first kappa shape index (κ1) is 15.2. The predicted molar refractivity (Wildman–Crippen MR) is 83.7 cm³/mol. The van der Waals surface area contributed by atoms with Crippen molar-refractivity contribution in [1.29, 1.82) is 0 Å². The molecule has 0 saturated carbocycles. The highest BCUT2D eigenvalue weighted by Gasteiger charge is 2.24. The number of hydrogen-bond donors (Lipinski definition) is 2. The van der Waals surface area contributed by atoms with Gasteiger partial charge in [-0.05, 0) is 31.0 Å². The molecule has 0 bridgehead atoms. The highest BCUT2D eigenvalue weighted by Crippen LogP contribution is 2.12. The lowest BCUT2D eigenvalue weighted by Crippen LogP contribution is -2.42. The molecule has 0 aromatic carbocycles. The molecule has 120 valence electrons. The molecule has 3 heterocycles. The maximum Gasteiger partial charge on any atom is 0.225 e. The third-order valence-electron chi connectivity index (χ3n) is 3.99. The van der Waals surface area contributed by atoms with E-state index in [2.05, 4.69) is 20.6 Å². The number of nitrogens with one attached hydrogen (secondary N) is 2. The van der Waals surface area contributed by atoms with Crippen LogP contribution in [0.25, 0.3) is 5.82 Å². The molecule has 0 unspecified atom stereocenters. The summed E-state index contributed by atoms with van der Waals surface area (Å²) in [5.74, 6) is 1.48. The van der Waals surface area contributed by atoms with Crippen molar-refractivity contribution in [3.63, 3.8) is 0 Å². The lowest BCUT2D eigenvalue weighted by Gasteiger charge is -2.21. The largest absolute Gasteiger partial charge is 0.355 e. The van der Waals surface area contributed by atoms with Gasteiger partial charge in [0.2, 0.25) is 11.8 Å². The van der Waals surface area contributed by atoms with Gasteiger partial charge in [-0.25, -0.2) is 9.97 Å². The zero-order valence-corrected chi connectivity index (χ0v) is 13.0. The van der Waals surface area contributed by atoms with E-state index in [0.717, 1.165) is 17.2 Å². The molecule has 1 aliphatic heterocycles. The Hall–Kier alpha value is -2.70. The molecular weight excluding hydrogens is 294 g/mol. The molecule has 3 rings (SSSR count).